The van der Waals surface area contributed by atoms with Crippen LogP contribution in [0.25, 0.3) is 0 Å². The molecular weight excluding hydrogens is 308 g/mol. The van der Waals surface area contributed by atoms with Crippen LogP contribution in [-0.4, -0.2) is 29.9 Å². The maximum absolute atomic E-state index is 12.6. The molecule has 3 heteroatoms. The van der Waals surface area contributed by atoms with Gasteiger partial charge >= 0.3 is 0 Å². The molecule has 3 rings (SSSR count). The Morgan fingerprint density at radius 3 is 2.20 bits per heavy atom. The van der Waals surface area contributed by atoms with Crippen molar-refractivity contribution in [2.75, 3.05) is 13.1 Å². The fourth-order valence-electron chi connectivity index (χ4n) is 3.32. The summed E-state index contributed by atoms with van der Waals surface area (Å²) in [5.74, 6) is 0.166. The molecule has 1 heterocycles. The van der Waals surface area contributed by atoms with E-state index in [0.29, 0.717) is 6.04 Å². The second kappa shape index (κ2) is 8.30. The summed E-state index contributed by atoms with van der Waals surface area (Å²) in [4.78, 5) is 14.6. The second-order valence-corrected chi connectivity index (χ2v) is 6.98. The van der Waals surface area contributed by atoms with Crippen LogP contribution in [0.5, 0.6) is 0 Å². The minimum Gasteiger partial charge on any atom is -0.339 e. The standard InChI is InChI=1S/C22H28N2O/c1-3-18-8-10-20(11-9-18)22(25)24-14-12-21(13-15-24)23-16-19-6-4-17(2)5-7-19/h4-11,21,23H,3,12-16H2,1-2H3. The minimum absolute atomic E-state index is 0.166. The first-order valence-corrected chi connectivity index (χ1v) is 9.33. The van der Waals surface area contributed by atoms with Gasteiger partial charge in [-0.25, -0.2) is 0 Å². The van der Waals surface area contributed by atoms with Gasteiger partial charge in [0, 0.05) is 31.2 Å². The summed E-state index contributed by atoms with van der Waals surface area (Å²) in [6.07, 6.45) is 3.04. The van der Waals surface area contributed by atoms with Crippen molar-refractivity contribution >= 4 is 5.91 Å². The van der Waals surface area contributed by atoms with E-state index in [2.05, 4.69) is 55.6 Å². The number of hydrogen-bond donors (Lipinski definition) is 1. The number of amides is 1. The van der Waals surface area contributed by atoms with Crippen LogP contribution in [0.4, 0.5) is 0 Å². The molecule has 0 bridgehead atoms. The van der Waals surface area contributed by atoms with E-state index in [0.717, 1.165) is 44.5 Å². The third-order valence-corrected chi connectivity index (χ3v) is 5.11. The Balaban J connectivity index is 1.47. The molecular formula is C22H28N2O. The zero-order valence-electron chi connectivity index (χ0n) is 15.3. The average molecular weight is 336 g/mol. The van der Waals surface area contributed by atoms with Crippen LogP contribution in [0.1, 0.15) is 46.8 Å². The topological polar surface area (TPSA) is 32.3 Å². The maximum Gasteiger partial charge on any atom is 0.253 e. The van der Waals surface area contributed by atoms with E-state index in [1.54, 1.807) is 0 Å². The Morgan fingerprint density at radius 1 is 1.00 bits per heavy atom. The van der Waals surface area contributed by atoms with Crippen LogP contribution in [0.3, 0.4) is 0 Å². The number of likely N-dealkylation sites (tertiary alicyclic amines) is 1. The molecule has 1 amide bonds. The number of carbonyl (C=O) groups is 1. The first kappa shape index (κ1) is 17.7. The maximum atomic E-state index is 12.6. The Kier molecular flexibility index (Phi) is 5.87. The molecule has 1 saturated heterocycles. The summed E-state index contributed by atoms with van der Waals surface area (Å²) in [7, 11) is 0. The molecule has 0 radical (unpaired) electrons. The Hall–Kier alpha value is -2.13. The molecule has 1 aliphatic heterocycles. The van der Waals surface area contributed by atoms with Crippen molar-refractivity contribution in [3.63, 3.8) is 0 Å². The molecule has 0 aromatic heterocycles. The van der Waals surface area contributed by atoms with E-state index in [9.17, 15) is 4.79 Å². The zero-order chi connectivity index (χ0) is 17.6. The van der Waals surface area contributed by atoms with Crippen molar-refractivity contribution in [1.82, 2.24) is 10.2 Å². The fourth-order valence-corrected chi connectivity index (χ4v) is 3.32. The third-order valence-electron chi connectivity index (χ3n) is 5.11. The predicted octanol–water partition coefficient (Wildman–Crippen LogP) is 3.95. The van der Waals surface area contributed by atoms with E-state index in [1.165, 1.54) is 16.7 Å². The van der Waals surface area contributed by atoms with Gasteiger partial charge in [-0.15, -0.1) is 0 Å². The molecule has 0 saturated carbocycles. The molecule has 0 spiro atoms. The zero-order valence-corrected chi connectivity index (χ0v) is 15.3. The molecule has 25 heavy (non-hydrogen) atoms. The van der Waals surface area contributed by atoms with Crippen LogP contribution in [0.2, 0.25) is 0 Å². The smallest absolute Gasteiger partial charge is 0.253 e. The van der Waals surface area contributed by atoms with Crippen LogP contribution < -0.4 is 5.32 Å². The van der Waals surface area contributed by atoms with E-state index in [1.807, 2.05) is 17.0 Å². The van der Waals surface area contributed by atoms with Gasteiger partial charge in [-0.2, -0.15) is 0 Å². The lowest BCUT2D eigenvalue weighted by Crippen LogP contribution is -2.44. The van der Waals surface area contributed by atoms with Crippen LogP contribution in [-0.2, 0) is 13.0 Å². The highest BCUT2D eigenvalue weighted by Gasteiger charge is 2.23. The van der Waals surface area contributed by atoms with E-state index in [-0.39, 0.29) is 5.91 Å². The molecule has 2 aromatic rings. The molecule has 3 nitrogen and oxygen atoms in total. The monoisotopic (exact) mass is 336 g/mol. The van der Waals surface area contributed by atoms with Crippen molar-refractivity contribution in [1.29, 1.82) is 0 Å². The number of piperidine rings is 1. The van der Waals surface area contributed by atoms with Gasteiger partial charge < -0.3 is 10.2 Å². The van der Waals surface area contributed by atoms with Crippen molar-refractivity contribution < 1.29 is 4.79 Å². The molecule has 1 N–H and O–H groups in total. The highest BCUT2D eigenvalue weighted by atomic mass is 16.2. The van der Waals surface area contributed by atoms with Gasteiger partial charge in [0.15, 0.2) is 0 Å². The SMILES string of the molecule is CCc1ccc(C(=O)N2CCC(NCc3ccc(C)cc3)CC2)cc1. The largest absolute Gasteiger partial charge is 0.339 e. The van der Waals surface area contributed by atoms with Gasteiger partial charge in [0.2, 0.25) is 0 Å². The van der Waals surface area contributed by atoms with Crippen molar-refractivity contribution in [3.05, 3.63) is 70.8 Å². The summed E-state index contributed by atoms with van der Waals surface area (Å²) in [5, 5.41) is 3.63. The number of nitrogens with zero attached hydrogens (tertiary/aromatic N) is 1. The van der Waals surface area contributed by atoms with Gasteiger partial charge in [0.25, 0.3) is 5.91 Å². The van der Waals surface area contributed by atoms with Gasteiger partial charge in [-0.05, 0) is 49.4 Å². The summed E-state index contributed by atoms with van der Waals surface area (Å²) in [6, 6.07) is 17.2. The Bertz CT molecular complexity index is 683. The first-order valence-electron chi connectivity index (χ1n) is 9.33. The van der Waals surface area contributed by atoms with Crippen LogP contribution in [0.15, 0.2) is 48.5 Å². The number of benzene rings is 2. The molecule has 132 valence electrons. The Labute approximate surface area is 151 Å². The predicted molar refractivity (Wildman–Crippen MR) is 103 cm³/mol. The van der Waals surface area contributed by atoms with Gasteiger partial charge in [-0.3, -0.25) is 4.79 Å². The number of nitrogens with one attached hydrogen (secondary N) is 1. The molecule has 0 atom stereocenters. The van der Waals surface area contributed by atoms with E-state index >= 15 is 0 Å². The quantitative estimate of drug-likeness (QED) is 0.896. The molecule has 0 unspecified atom stereocenters. The molecule has 2 aromatic carbocycles. The van der Waals surface area contributed by atoms with Crippen LogP contribution in [0, 0.1) is 6.92 Å². The Morgan fingerprint density at radius 2 is 1.60 bits per heavy atom. The summed E-state index contributed by atoms with van der Waals surface area (Å²) in [5.41, 5.74) is 4.70. The lowest BCUT2D eigenvalue weighted by atomic mass is 10.0. The molecule has 1 fully saturated rings. The lowest BCUT2D eigenvalue weighted by Gasteiger charge is -2.32. The highest BCUT2D eigenvalue weighted by molar-refractivity contribution is 5.94. The van der Waals surface area contributed by atoms with Crippen molar-refractivity contribution in [2.24, 2.45) is 0 Å². The lowest BCUT2D eigenvalue weighted by molar-refractivity contribution is 0.0704. The second-order valence-electron chi connectivity index (χ2n) is 6.98. The van der Waals surface area contributed by atoms with Crippen molar-refractivity contribution in [2.45, 2.75) is 45.7 Å². The summed E-state index contributed by atoms with van der Waals surface area (Å²) < 4.78 is 0. The summed E-state index contributed by atoms with van der Waals surface area (Å²) >= 11 is 0. The average Bonchev–Trinajstić information content (AvgIpc) is 2.67. The summed E-state index contributed by atoms with van der Waals surface area (Å²) in [6.45, 7) is 6.81. The third kappa shape index (κ3) is 4.70. The fraction of sp³-hybridized carbons (Fsp3) is 0.409. The number of aryl methyl sites for hydroxylation is 2. The number of hydrogen-bond acceptors (Lipinski definition) is 2. The van der Waals surface area contributed by atoms with Gasteiger partial charge in [0.05, 0.1) is 0 Å². The van der Waals surface area contributed by atoms with Crippen molar-refractivity contribution in [3.8, 4) is 0 Å². The van der Waals surface area contributed by atoms with E-state index < -0.39 is 0 Å². The number of rotatable bonds is 5. The minimum atomic E-state index is 0.166. The number of carbonyl (C=O) groups excluding carboxylic acids is 1. The van der Waals surface area contributed by atoms with Crippen LogP contribution >= 0.6 is 0 Å². The molecule has 1 aliphatic rings. The highest BCUT2D eigenvalue weighted by Crippen LogP contribution is 2.15. The normalized spacial score (nSPS) is 15.4. The van der Waals surface area contributed by atoms with E-state index in [4.69, 9.17) is 0 Å². The van der Waals surface area contributed by atoms with Gasteiger partial charge in [0.1, 0.15) is 0 Å². The van der Waals surface area contributed by atoms with Gasteiger partial charge in [-0.1, -0.05) is 48.9 Å². The molecule has 0 aliphatic carbocycles. The first-order chi connectivity index (χ1) is 12.2.